The SMILES string of the molecule is CCOc1ccc(-c2nc(C3CCN(c4ncnc5c4C=C(c4ccnc(OC)c4)C5)CC3)[nH]c2C)cc1. The molecule has 0 atom stereocenters. The number of H-pyrrole nitrogens is 1. The first-order chi connectivity index (χ1) is 18.6. The fourth-order valence-electron chi connectivity index (χ4n) is 5.47. The molecule has 0 radical (unpaired) electrons. The topological polar surface area (TPSA) is 89.1 Å². The number of aromatic amines is 1. The normalized spacial score (nSPS) is 15.3. The molecule has 0 bridgehead atoms. The number of ether oxygens (including phenoxy) is 2. The molecule has 0 unspecified atom stereocenters. The first-order valence-electron chi connectivity index (χ1n) is 13.2. The van der Waals surface area contributed by atoms with Crippen LogP contribution in [-0.4, -0.2) is 51.7 Å². The second kappa shape index (κ2) is 10.3. The lowest BCUT2D eigenvalue weighted by molar-refractivity contribution is 0.340. The minimum absolute atomic E-state index is 0.395. The zero-order valence-electron chi connectivity index (χ0n) is 22.1. The number of anilines is 1. The third-order valence-electron chi connectivity index (χ3n) is 7.46. The lowest BCUT2D eigenvalue weighted by atomic mass is 9.96. The number of nitrogens with one attached hydrogen (secondary N) is 1. The maximum absolute atomic E-state index is 5.59. The van der Waals surface area contributed by atoms with E-state index in [2.05, 4.69) is 45.0 Å². The van der Waals surface area contributed by atoms with Gasteiger partial charge in [-0.2, -0.15) is 0 Å². The van der Waals surface area contributed by atoms with Crippen molar-refractivity contribution in [2.75, 3.05) is 31.7 Å². The number of aromatic nitrogens is 5. The third kappa shape index (κ3) is 4.62. The second-order valence-corrected chi connectivity index (χ2v) is 9.81. The first-order valence-corrected chi connectivity index (χ1v) is 13.2. The molecule has 4 heterocycles. The maximum Gasteiger partial charge on any atom is 0.213 e. The Hall–Kier alpha value is -4.20. The van der Waals surface area contributed by atoms with Gasteiger partial charge in [0.25, 0.3) is 0 Å². The number of allylic oxidation sites excluding steroid dienone is 1. The Morgan fingerprint density at radius 2 is 1.84 bits per heavy atom. The zero-order valence-corrected chi connectivity index (χ0v) is 22.1. The summed E-state index contributed by atoms with van der Waals surface area (Å²) in [5, 5.41) is 0. The largest absolute Gasteiger partial charge is 0.494 e. The van der Waals surface area contributed by atoms with Crippen molar-refractivity contribution < 1.29 is 9.47 Å². The van der Waals surface area contributed by atoms with Gasteiger partial charge in [0, 0.05) is 54.5 Å². The molecule has 3 aromatic heterocycles. The Morgan fingerprint density at radius 1 is 1.03 bits per heavy atom. The Morgan fingerprint density at radius 3 is 2.61 bits per heavy atom. The molecule has 38 heavy (non-hydrogen) atoms. The average molecular weight is 509 g/mol. The van der Waals surface area contributed by atoms with E-state index in [1.54, 1.807) is 19.6 Å². The van der Waals surface area contributed by atoms with Crippen LogP contribution < -0.4 is 14.4 Å². The number of fused-ring (bicyclic) bond motifs is 1. The molecule has 0 amide bonds. The van der Waals surface area contributed by atoms with Gasteiger partial charge in [0.1, 0.15) is 23.7 Å². The molecule has 8 heteroatoms. The van der Waals surface area contributed by atoms with Gasteiger partial charge in [-0.1, -0.05) is 0 Å². The molecule has 1 aliphatic carbocycles. The Kier molecular flexibility index (Phi) is 6.54. The summed E-state index contributed by atoms with van der Waals surface area (Å²) in [4.78, 5) is 24.5. The van der Waals surface area contributed by atoms with E-state index in [4.69, 9.17) is 19.4 Å². The molecular formula is C30H32N6O2. The zero-order chi connectivity index (χ0) is 26.1. The Balaban J connectivity index is 1.17. The van der Waals surface area contributed by atoms with Gasteiger partial charge in [-0.15, -0.1) is 0 Å². The van der Waals surface area contributed by atoms with Crippen LogP contribution in [0.2, 0.25) is 0 Å². The molecule has 6 rings (SSSR count). The molecule has 0 spiro atoms. The van der Waals surface area contributed by atoms with Crippen molar-refractivity contribution >= 4 is 17.5 Å². The van der Waals surface area contributed by atoms with Gasteiger partial charge >= 0.3 is 0 Å². The summed E-state index contributed by atoms with van der Waals surface area (Å²) in [5.74, 6) is 4.00. The standard InChI is InChI=1S/C30H32N6O2/c1-4-38-24-7-5-20(6-8-24)28-19(2)34-29(35-28)21-10-13-36(14-11-21)30-25-15-23(16-26(25)32-18-33-30)22-9-12-31-27(17-22)37-3/h5-9,12,15,17-18,21H,4,10-11,13-14,16H2,1-3H3,(H,34,35). The van der Waals surface area contributed by atoms with E-state index >= 15 is 0 Å². The number of pyridine rings is 1. The molecule has 1 aromatic carbocycles. The van der Waals surface area contributed by atoms with Crippen LogP contribution in [0.3, 0.4) is 0 Å². The predicted octanol–water partition coefficient (Wildman–Crippen LogP) is 5.46. The highest BCUT2D eigenvalue weighted by Gasteiger charge is 2.28. The minimum Gasteiger partial charge on any atom is -0.494 e. The summed E-state index contributed by atoms with van der Waals surface area (Å²) in [7, 11) is 1.64. The van der Waals surface area contributed by atoms with Gasteiger partial charge < -0.3 is 19.4 Å². The number of nitrogens with zero attached hydrogens (tertiary/aromatic N) is 5. The van der Waals surface area contributed by atoms with Crippen LogP contribution in [0.25, 0.3) is 22.9 Å². The van der Waals surface area contributed by atoms with E-state index in [0.29, 0.717) is 18.4 Å². The fourth-order valence-corrected chi connectivity index (χ4v) is 5.47. The first kappa shape index (κ1) is 24.2. The number of benzene rings is 1. The molecule has 1 fully saturated rings. The van der Waals surface area contributed by atoms with Crippen molar-refractivity contribution in [2.24, 2.45) is 0 Å². The Labute approximate surface area is 222 Å². The molecule has 1 N–H and O–H groups in total. The summed E-state index contributed by atoms with van der Waals surface area (Å²) in [6.07, 6.45) is 8.54. The van der Waals surface area contributed by atoms with Crippen LogP contribution in [0.4, 0.5) is 5.82 Å². The second-order valence-electron chi connectivity index (χ2n) is 9.81. The highest BCUT2D eigenvalue weighted by molar-refractivity contribution is 5.91. The number of piperidine rings is 1. The van der Waals surface area contributed by atoms with Gasteiger partial charge in [0.05, 0.1) is 25.1 Å². The van der Waals surface area contributed by atoms with E-state index in [1.165, 1.54) is 5.57 Å². The lowest BCUT2D eigenvalue weighted by Crippen LogP contribution is -2.34. The summed E-state index contributed by atoms with van der Waals surface area (Å²) < 4.78 is 10.9. The van der Waals surface area contributed by atoms with Gasteiger partial charge in [-0.3, -0.25) is 0 Å². The predicted molar refractivity (Wildman–Crippen MR) is 149 cm³/mol. The average Bonchev–Trinajstić information content (AvgIpc) is 3.58. The van der Waals surface area contributed by atoms with E-state index in [1.807, 2.05) is 31.2 Å². The molecule has 8 nitrogen and oxygen atoms in total. The minimum atomic E-state index is 0.395. The van der Waals surface area contributed by atoms with Crippen LogP contribution in [0.1, 0.15) is 54.0 Å². The van der Waals surface area contributed by atoms with Crippen molar-refractivity contribution in [1.82, 2.24) is 24.9 Å². The van der Waals surface area contributed by atoms with Crippen molar-refractivity contribution in [3.8, 4) is 22.9 Å². The number of hydrogen-bond acceptors (Lipinski definition) is 7. The maximum atomic E-state index is 5.59. The summed E-state index contributed by atoms with van der Waals surface area (Å²) >= 11 is 0. The van der Waals surface area contributed by atoms with E-state index in [-0.39, 0.29) is 0 Å². The van der Waals surface area contributed by atoms with Gasteiger partial charge in [-0.05, 0) is 74.2 Å². The van der Waals surface area contributed by atoms with Crippen molar-refractivity contribution in [1.29, 1.82) is 0 Å². The number of imidazole rings is 1. The molecule has 0 saturated carbocycles. The highest BCUT2D eigenvalue weighted by Crippen LogP contribution is 2.38. The molecule has 194 valence electrons. The summed E-state index contributed by atoms with van der Waals surface area (Å²) in [5.41, 5.74) is 7.75. The highest BCUT2D eigenvalue weighted by atomic mass is 16.5. The number of aryl methyl sites for hydroxylation is 1. The molecule has 1 saturated heterocycles. The lowest BCUT2D eigenvalue weighted by Gasteiger charge is -2.32. The fraction of sp³-hybridized carbons (Fsp3) is 0.333. The quantitative estimate of drug-likeness (QED) is 0.355. The van der Waals surface area contributed by atoms with E-state index in [0.717, 1.165) is 83.5 Å². The van der Waals surface area contributed by atoms with Gasteiger partial charge in [0.15, 0.2) is 0 Å². The van der Waals surface area contributed by atoms with E-state index < -0.39 is 0 Å². The number of rotatable bonds is 7. The van der Waals surface area contributed by atoms with Crippen LogP contribution in [0.5, 0.6) is 11.6 Å². The van der Waals surface area contributed by atoms with Crippen LogP contribution in [0.15, 0.2) is 48.9 Å². The van der Waals surface area contributed by atoms with Crippen LogP contribution in [-0.2, 0) is 6.42 Å². The van der Waals surface area contributed by atoms with Gasteiger partial charge in [0.2, 0.25) is 5.88 Å². The van der Waals surface area contributed by atoms with Crippen molar-refractivity contribution in [3.63, 3.8) is 0 Å². The summed E-state index contributed by atoms with van der Waals surface area (Å²) in [6.45, 7) is 6.62. The Bertz CT molecular complexity index is 1470. The van der Waals surface area contributed by atoms with Crippen LogP contribution in [0, 0.1) is 6.92 Å². The van der Waals surface area contributed by atoms with Crippen molar-refractivity contribution in [2.45, 2.75) is 39.0 Å². The molecule has 1 aliphatic heterocycles. The monoisotopic (exact) mass is 508 g/mol. The number of hydrogen-bond donors (Lipinski definition) is 1. The smallest absolute Gasteiger partial charge is 0.213 e. The molecule has 2 aliphatic rings. The van der Waals surface area contributed by atoms with Crippen molar-refractivity contribution in [3.05, 3.63) is 77.3 Å². The third-order valence-corrected chi connectivity index (χ3v) is 7.46. The van der Waals surface area contributed by atoms with E-state index in [9.17, 15) is 0 Å². The van der Waals surface area contributed by atoms with Crippen LogP contribution >= 0.6 is 0 Å². The summed E-state index contributed by atoms with van der Waals surface area (Å²) in [6, 6.07) is 12.2. The van der Waals surface area contributed by atoms with Gasteiger partial charge in [-0.25, -0.2) is 19.9 Å². The number of methoxy groups -OCH3 is 1. The molecule has 4 aromatic rings. The molecular weight excluding hydrogens is 476 g/mol.